The van der Waals surface area contributed by atoms with E-state index in [1.165, 1.54) is 51.4 Å². The summed E-state index contributed by atoms with van der Waals surface area (Å²) < 4.78 is 0. The largest absolute Gasteiger partial charge is 0.294 e. The predicted octanol–water partition coefficient (Wildman–Crippen LogP) is 5.49. The fraction of sp³-hybridized carbons (Fsp3) is 0.944. The van der Waals surface area contributed by atoms with Crippen molar-refractivity contribution in [2.75, 3.05) is 6.54 Å². The standard InChI is InChI=1S/C18H33N/c1-14-7-6-12-19-17(13-14)16-9-11-18(3,4)10-5-8-15(16)2/h14-16H,5-13H2,1-4H3/t14?,15-,16?/m1/s1. The lowest BCUT2D eigenvalue weighted by molar-refractivity contribution is 0.219. The number of rotatable bonds is 1. The summed E-state index contributed by atoms with van der Waals surface area (Å²) in [6.45, 7) is 10.9. The molecule has 1 fully saturated rings. The molecule has 0 bridgehead atoms. The lowest BCUT2D eigenvalue weighted by atomic mass is 9.71. The van der Waals surface area contributed by atoms with Crippen LogP contribution in [0.5, 0.6) is 0 Å². The zero-order valence-corrected chi connectivity index (χ0v) is 13.5. The smallest absolute Gasteiger partial charge is 0.0388 e. The summed E-state index contributed by atoms with van der Waals surface area (Å²) in [4.78, 5) is 4.98. The second-order valence-electron chi connectivity index (χ2n) is 8.00. The van der Waals surface area contributed by atoms with Gasteiger partial charge in [-0.2, -0.15) is 0 Å². The first-order chi connectivity index (χ1) is 8.98. The number of nitrogens with zero attached hydrogens (tertiary/aromatic N) is 1. The minimum Gasteiger partial charge on any atom is -0.294 e. The van der Waals surface area contributed by atoms with Crippen LogP contribution in [0.4, 0.5) is 0 Å². The van der Waals surface area contributed by atoms with E-state index in [0.29, 0.717) is 5.41 Å². The topological polar surface area (TPSA) is 12.4 Å². The van der Waals surface area contributed by atoms with Gasteiger partial charge in [0.05, 0.1) is 0 Å². The molecule has 0 spiro atoms. The molecule has 1 heteroatoms. The molecule has 0 radical (unpaired) electrons. The molecule has 0 aromatic rings. The molecule has 1 nitrogen and oxygen atoms in total. The average Bonchev–Trinajstić information content (AvgIpc) is 2.52. The second kappa shape index (κ2) is 6.41. The Morgan fingerprint density at radius 2 is 1.79 bits per heavy atom. The molecule has 3 atom stereocenters. The minimum atomic E-state index is 0.551. The summed E-state index contributed by atoms with van der Waals surface area (Å²) in [6.07, 6.45) is 10.9. The van der Waals surface area contributed by atoms with Crippen LogP contribution >= 0.6 is 0 Å². The van der Waals surface area contributed by atoms with Crippen molar-refractivity contribution in [1.82, 2.24) is 0 Å². The molecule has 110 valence electrons. The highest BCUT2D eigenvalue weighted by Crippen LogP contribution is 2.39. The lowest BCUT2D eigenvalue weighted by Gasteiger charge is -2.35. The van der Waals surface area contributed by atoms with Crippen LogP contribution in [-0.4, -0.2) is 12.3 Å². The van der Waals surface area contributed by atoms with Crippen molar-refractivity contribution in [1.29, 1.82) is 0 Å². The highest BCUT2D eigenvalue weighted by Gasteiger charge is 2.30. The predicted molar refractivity (Wildman–Crippen MR) is 84.8 cm³/mol. The Morgan fingerprint density at radius 3 is 2.58 bits per heavy atom. The van der Waals surface area contributed by atoms with Crippen LogP contribution in [-0.2, 0) is 0 Å². The van der Waals surface area contributed by atoms with Crippen LogP contribution < -0.4 is 0 Å². The highest BCUT2D eigenvalue weighted by molar-refractivity contribution is 5.87. The first-order valence-corrected chi connectivity index (χ1v) is 8.51. The SMILES string of the molecule is CC1CCCN=C(C2CCC(C)(C)CCC[C@H]2C)C1. The van der Waals surface area contributed by atoms with E-state index in [2.05, 4.69) is 27.7 Å². The monoisotopic (exact) mass is 263 g/mol. The summed E-state index contributed by atoms with van der Waals surface area (Å²) in [5, 5.41) is 0. The van der Waals surface area contributed by atoms with Crippen molar-refractivity contribution in [2.24, 2.45) is 28.2 Å². The molecule has 19 heavy (non-hydrogen) atoms. The van der Waals surface area contributed by atoms with Gasteiger partial charge in [-0.25, -0.2) is 0 Å². The third-order valence-electron chi connectivity index (χ3n) is 5.49. The van der Waals surface area contributed by atoms with Gasteiger partial charge in [0.15, 0.2) is 0 Å². The van der Waals surface area contributed by atoms with Crippen LogP contribution in [0.25, 0.3) is 0 Å². The Morgan fingerprint density at radius 1 is 1.00 bits per heavy atom. The van der Waals surface area contributed by atoms with Crippen molar-refractivity contribution in [2.45, 2.75) is 79.1 Å². The van der Waals surface area contributed by atoms with Gasteiger partial charge < -0.3 is 0 Å². The van der Waals surface area contributed by atoms with Gasteiger partial charge in [-0.1, -0.05) is 40.5 Å². The number of aliphatic imine (C=N–C) groups is 1. The molecule has 1 heterocycles. The average molecular weight is 263 g/mol. The van der Waals surface area contributed by atoms with Crippen LogP contribution in [0.15, 0.2) is 4.99 Å². The molecule has 1 aliphatic heterocycles. The third-order valence-corrected chi connectivity index (χ3v) is 5.49. The number of hydrogen-bond donors (Lipinski definition) is 0. The fourth-order valence-corrected chi connectivity index (χ4v) is 4.01. The molecule has 1 aliphatic carbocycles. The van der Waals surface area contributed by atoms with Gasteiger partial charge in [-0.3, -0.25) is 4.99 Å². The molecular formula is C18H33N. The van der Waals surface area contributed by atoms with Crippen LogP contribution in [0.1, 0.15) is 79.1 Å². The summed E-state index contributed by atoms with van der Waals surface area (Å²) in [5.41, 5.74) is 2.13. The fourth-order valence-electron chi connectivity index (χ4n) is 4.01. The van der Waals surface area contributed by atoms with Crippen molar-refractivity contribution in [3.63, 3.8) is 0 Å². The lowest BCUT2D eigenvalue weighted by Crippen LogP contribution is -2.28. The zero-order chi connectivity index (χ0) is 13.9. The molecule has 2 unspecified atom stereocenters. The Hall–Kier alpha value is -0.330. The van der Waals surface area contributed by atoms with E-state index in [0.717, 1.165) is 24.3 Å². The zero-order valence-electron chi connectivity index (χ0n) is 13.5. The van der Waals surface area contributed by atoms with E-state index >= 15 is 0 Å². The first kappa shape index (κ1) is 15.1. The first-order valence-electron chi connectivity index (χ1n) is 8.51. The van der Waals surface area contributed by atoms with E-state index in [1.54, 1.807) is 5.71 Å². The van der Waals surface area contributed by atoms with Gasteiger partial charge in [0.25, 0.3) is 0 Å². The highest BCUT2D eigenvalue weighted by atomic mass is 14.8. The molecule has 2 rings (SSSR count). The summed E-state index contributed by atoms with van der Waals surface area (Å²) in [5.74, 6) is 2.48. The summed E-state index contributed by atoms with van der Waals surface area (Å²) in [6, 6.07) is 0. The van der Waals surface area contributed by atoms with Crippen molar-refractivity contribution in [3.8, 4) is 0 Å². The molecule has 0 amide bonds. The van der Waals surface area contributed by atoms with Gasteiger partial charge in [0.1, 0.15) is 0 Å². The van der Waals surface area contributed by atoms with Gasteiger partial charge in [-0.05, 0) is 61.7 Å². The van der Waals surface area contributed by atoms with E-state index < -0.39 is 0 Å². The van der Waals surface area contributed by atoms with Crippen LogP contribution in [0.2, 0.25) is 0 Å². The van der Waals surface area contributed by atoms with Crippen LogP contribution in [0, 0.1) is 23.2 Å². The molecule has 2 aliphatic rings. The summed E-state index contributed by atoms with van der Waals surface area (Å²) >= 11 is 0. The van der Waals surface area contributed by atoms with Crippen molar-refractivity contribution in [3.05, 3.63) is 0 Å². The van der Waals surface area contributed by atoms with Crippen molar-refractivity contribution < 1.29 is 0 Å². The second-order valence-corrected chi connectivity index (χ2v) is 8.00. The van der Waals surface area contributed by atoms with E-state index in [1.807, 2.05) is 0 Å². The quantitative estimate of drug-likeness (QED) is 0.593. The van der Waals surface area contributed by atoms with Gasteiger partial charge >= 0.3 is 0 Å². The summed E-state index contributed by atoms with van der Waals surface area (Å²) in [7, 11) is 0. The molecular weight excluding hydrogens is 230 g/mol. The Kier molecular flexibility index (Phi) is 5.09. The molecule has 0 aromatic heterocycles. The third kappa shape index (κ3) is 4.33. The Bertz CT molecular complexity index is 316. The van der Waals surface area contributed by atoms with E-state index in [-0.39, 0.29) is 0 Å². The maximum Gasteiger partial charge on any atom is 0.0388 e. The molecule has 0 saturated heterocycles. The molecule has 1 saturated carbocycles. The van der Waals surface area contributed by atoms with Crippen LogP contribution in [0.3, 0.4) is 0 Å². The Labute approximate surface area is 120 Å². The Balaban J connectivity index is 2.08. The van der Waals surface area contributed by atoms with Gasteiger partial charge in [0, 0.05) is 12.3 Å². The maximum atomic E-state index is 4.98. The normalized spacial score (nSPS) is 36.8. The maximum absolute atomic E-state index is 4.98. The van der Waals surface area contributed by atoms with Gasteiger partial charge in [-0.15, -0.1) is 0 Å². The van der Waals surface area contributed by atoms with Crippen molar-refractivity contribution >= 4 is 5.71 Å². The number of hydrogen-bond acceptors (Lipinski definition) is 1. The minimum absolute atomic E-state index is 0.551. The van der Waals surface area contributed by atoms with E-state index in [9.17, 15) is 0 Å². The van der Waals surface area contributed by atoms with Gasteiger partial charge in [0.2, 0.25) is 0 Å². The molecule has 0 N–H and O–H groups in total. The van der Waals surface area contributed by atoms with E-state index in [4.69, 9.17) is 4.99 Å². The molecule has 0 aromatic carbocycles.